The second kappa shape index (κ2) is 14.1. The molecule has 1 atom stereocenters. The van der Waals surface area contributed by atoms with Gasteiger partial charge in [-0.05, 0) is 73.7 Å². The molecule has 1 saturated carbocycles. The Morgan fingerprint density at radius 2 is 1.64 bits per heavy atom. The third kappa shape index (κ3) is 7.59. The third-order valence-electron chi connectivity index (χ3n) is 7.50. The minimum Gasteiger partial charge on any atom is -0.352 e. The maximum Gasteiger partial charge on any atom is 0.264 e. The van der Waals surface area contributed by atoms with Crippen LogP contribution in [0.5, 0.6) is 0 Å². The van der Waals surface area contributed by atoms with Gasteiger partial charge in [-0.2, -0.15) is 0 Å². The van der Waals surface area contributed by atoms with Crippen LogP contribution in [0.3, 0.4) is 0 Å². The lowest BCUT2D eigenvalue weighted by Gasteiger charge is -2.34. The lowest BCUT2D eigenvalue weighted by Crippen LogP contribution is -2.53. The molecule has 224 valence electrons. The van der Waals surface area contributed by atoms with Crippen LogP contribution in [-0.2, 0) is 26.2 Å². The largest absolute Gasteiger partial charge is 0.352 e. The maximum atomic E-state index is 14.2. The number of amides is 2. The van der Waals surface area contributed by atoms with Crippen LogP contribution < -0.4 is 9.62 Å². The molecule has 7 nitrogen and oxygen atoms in total. The molecule has 0 saturated heterocycles. The first-order valence-electron chi connectivity index (χ1n) is 13.9. The van der Waals surface area contributed by atoms with E-state index in [4.69, 9.17) is 34.8 Å². The molecule has 0 radical (unpaired) electrons. The molecule has 3 aromatic carbocycles. The van der Waals surface area contributed by atoms with Crippen molar-refractivity contribution in [2.45, 2.75) is 69.5 Å². The maximum absolute atomic E-state index is 14.2. The number of rotatable bonds is 11. The number of nitrogens with zero attached hydrogens (tertiary/aromatic N) is 2. The van der Waals surface area contributed by atoms with Crippen LogP contribution in [0.15, 0.2) is 71.6 Å². The van der Waals surface area contributed by atoms with Gasteiger partial charge in [-0.3, -0.25) is 13.9 Å². The molecule has 0 unspecified atom stereocenters. The van der Waals surface area contributed by atoms with Crippen molar-refractivity contribution in [2.24, 2.45) is 0 Å². The van der Waals surface area contributed by atoms with Gasteiger partial charge in [0.1, 0.15) is 12.6 Å². The first kappa shape index (κ1) is 32.1. The van der Waals surface area contributed by atoms with Crippen LogP contribution in [0.2, 0.25) is 15.1 Å². The number of sulfonamides is 1. The predicted octanol–water partition coefficient (Wildman–Crippen LogP) is 7.02. The lowest BCUT2D eigenvalue weighted by molar-refractivity contribution is -0.140. The zero-order chi connectivity index (χ0) is 30.4. The summed E-state index contributed by atoms with van der Waals surface area (Å²) in [4.78, 5) is 29.2. The molecule has 1 fully saturated rings. The molecule has 11 heteroatoms. The van der Waals surface area contributed by atoms with Gasteiger partial charge in [0.25, 0.3) is 10.0 Å². The quantitative estimate of drug-likeness (QED) is 0.242. The van der Waals surface area contributed by atoms with Gasteiger partial charge in [0.05, 0.1) is 10.6 Å². The van der Waals surface area contributed by atoms with Gasteiger partial charge in [-0.1, -0.05) is 84.9 Å². The highest BCUT2D eigenvalue weighted by atomic mass is 35.5. The minimum atomic E-state index is -4.19. The molecule has 1 aliphatic rings. The van der Waals surface area contributed by atoms with E-state index in [1.807, 2.05) is 6.92 Å². The predicted molar refractivity (Wildman–Crippen MR) is 169 cm³/mol. The highest BCUT2D eigenvalue weighted by Gasteiger charge is 2.35. The Morgan fingerprint density at radius 1 is 0.952 bits per heavy atom. The van der Waals surface area contributed by atoms with Crippen molar-refractivity contribution in [1.29, 1.82) is 0 Å². The number of benzene rings is 3. The van der Waals surface area contributed by atoms with Crippen LogP contribution in [-0.4, -0.2) is 43.8 Å². The second-order valence-corrected chi connectivity index (χ2v) is 13.5. The van der Waals surface area contributed by atoms with Crippen molar-refractivity contribution in [1.82, 2.24) is 10.2 Å². The van der Waals surface area contributed by atoms with Gasteiger partial charge in [0.2, 0.25) is 11.8 Å². The van der Waals surface area contributed by atoms with Crippen LogP contribution in [0.25, 0.3) is 0 Å². The minimum absolute atomic E-state index is 0.0146. The molecular weight excluding hydrogens is 617 g/mol. The molecule has 0 heterocycles. The topological polar surface area (TPSA) is 86.8 Å². The summed E-state index contributed by atoms with van der Waals surface area (Å²) in [6.45, 7) is 3.05. The zero-order valence-electron chi connectivity index (χ0n) is 23.5. The molecule has 0 spiro atoms. The third-order valence-corrected chi connectivity index (χ3v) is 10.3. The first-order valence-corrected chi connectivity index (χ1v) is 16.5. The number of halogens is 3. The summed E-state index contributed by atoms with van der Waals surface area (Å²) in [6.07, 6.45) is 4.16. The fourth-order valence-corrected chi connectivity index (χ4v) is 7.18. The number of nitrogens with one attached hydrogen (secondary N) is 1. The molecule has 0 aromatic heterocycles. The van der Waals surface area contributed by atoms with E-state index >= 15 is 0 Å². The van der Waals surface area contributed by atoms with Crippen molar-refractivity contribution in [3.8, 4) is 0 Å². The van der Waals surface area contributed by atoms with E-state index in [1.54, 1.807) is 55.5 Å². The van der Waals surface area contributed by atoms with Gasteiger partial charge in [-0.15, -0.1) is 0 Å². The summed E-state index contributed by atoms with van der Waals surface area (Å²) in [5.41, 5.74) is 1.57. The monoisotopic (exact) mass is 649 g/mol. The fraction of sp³-hybridized carbons (Fsp3) is 0.355. The number of hydrogen-bond donors (Lipinski definition) is 1. The molecule has 3 aromatic rings. The standard InChI is InChI=1S/C31H34Cl3N3O4S/c1-3-29(31(39)35-24-9-7-8-10-24)36(19-22-14-15-23(32)17-28(22)34)30(38)20-37(25-16-13-21(2)27(33)18-25)42(40,41)26-11-5-4-6-12-26/h4-6,11-18,24,29H,3,7-10,19-20H2,1-2H3,(H,35,39)/t29-/m1/s1. The van der Waals surface area contributed by atoms with E-state index in [9.17, 15) is 18.0 Å². The Bertz CT molecular complexity index is 1530. The van der Waals surface area contributed by atoms with E-state index in [-0.39, 0.29) is 29.1 Å². The Labute approximate surface area is 262 Å². The number of carbonyl (C=O) groups is 2. The molecule has 0 bridgehead atoms. The Morgan fingerprint density at radius 3 is 2.26 bits per heavy atom. The number of hydrogen-bond acceptors (Lipinski definition) is 4. The summed E-state index contributed by atoms with van der Waals surface area (Å²) in [6, 6.07) is 16.8. The Hall–Kier alpha value is -2.78. The van der Waals surface area contributed by atoms with E-state index in [0.29, 0.717) is 27.1 Å². The van der Waals surface area contributed by atoms with Crippen molar-refractivity contribution < 1.29 is 18.0 Å². The molecule has 0 aliphatic heterocycles. The lowest BCUT2D eigenvalue weighted by atomic mass is 10.1. The zero-order valence-corrected chi connectivity index (χ0v) is 26.6. The molecular formula is C31H34Cl3N3O4S. The Kier molecular flexibility index (Phi) is 10.8. The van der Waals surface area contributed by atoms with Gasteiger partial charge < -0.3 is 10.2 Å². The van der Waals surface area contributed by atoms with Crippen molar-refractivity contribution >= 4 is 62.3 Å². The van der Waals surface area contributed by atoms with Crippen molar-refractivity contribution in [2.75, 3.05) is 10.8 Å². The average molecular weight is 651 g/mol. The van der Waals surface area contributed by atoms with Crippen LogP contribution in [0.1, 0.15) is 50.2 Å². The highest BCUT2D eigenvalue weighted by molar-refractivity contribution is 7.92. The van der Waals surface area contributed by atoms with Crippen molar-refractivity contribution in [3.05, 3.63) is 92.9 Å². The molecule has 1 aliphatic carbocycles. The number of carbonyl (C=O) groups excluding carboxylic acids is 2. The first-order chi connectivity index (χ1) is 20.0. The second-order valence-electron chi connectivity index (χ2n) is 10.4. The summed E-state index contributed by atoms with van der Waals surface area (Å²) < 4.78 is 28.9. The smallest absolute Gasteiger partial charge is 0.264 e. The summed E-state index contributed by atoms with van der Waals surface area (Å²) in [5, 5.41) is 4.23. The van der Waals surface area contributed by atoms with Gasteiger partial charge >= 0.3 is 0 Å². The van der Waals surface area contributed by atoms with Crippen molar-refractivity contribution in [3.63, 3.8) is 0 Å². The number of aryl methyl sites for hydroxylation is 1. The molecule has 4 rings (SSSR count). The summed E-state index contributed by atoms with van der Waals surface area (Å²) in [7, 11) is -4.19. The summed E-state index contributed by atoms with van der Waals surface area (Å²) >= 11 is 19.0. The van der Waals surface area contributed by atoms with Crippen LogP contribution in [0, 0.1) is 6.92 Å². The number of anilines is 1. The molecule has 1 N–H and O–H groups in total. The molecule has 42 heavy (non-hydrogen) atoms. The van der Waals surface area contributed by atoms with Gasteiger partial charge in [0, 0.05) is 27.7 Å². The van der Waals surface area contributed by atoms with Crippen LogP contribution >= 0.6 is 34.8 Å². The fourth-order valence-electron chi connectivity index (χ4n) is 5.11. The molecule has 2 amide bonds. The average Bonchev–Trinajstić information content (AvgIpc) is 3.47. The van der Waals surface area contributed by atoms with E-state index < -0.39 is 28.5 Å². The van der Waals surface area contributed by atoms with Gasteiger partial charge in [0.15, 0.2) is 0 Å². The SMILES string of the molecule is CC[C@H](C(=O)NC1CCCC1)N(Cc1ccc(Cl)cc1Cl)C(=O)CN(c1ccc(C)c(Cl)c1)S(=O)(=O)c1ccccc1. The Balaban J connectivity index is 1.74. The highest BCUT2D eigenvalue weighted by Crippen LogP contribution is 2.30. The van der Waals surface area contributed by atoms with E-state index in [2.05, 4.69) is 5.32 Å². The van der Waals surface area contributed by atoms with E-state index in [1.165, 1.54) is 23.1 Å². The normalized spacial score (nSPS) is 14.4. The van der Waals surface area contributed by atoms with E-state index in [0.717, 1.165) is 35.6 Å². The van der Waals surface area contributed by atoms with Crippen LogP contribution in [0.4, 0.5) is 5.69 Å². The summed E-state index contributed by atoms with van der Waals surface area (Å²) in [5.74, 6) is -0.843. The van der Waals surface area contributed by atoms with Gasteiger partial charge in [-0.25, -0.2) is 8.42 Å².